The zero-order valence-electron chi connectivity index (χ0n) is 13.8. The van der Waals surface area contributed by atoms with Gasteiger partial charge in [-0.2, -0.15) is 0 Å². The quantitative estimate of drug-likeness (QED) is 0.837. The van der Waals surface area contributed by atoms with Crippen LogP contribution < -0.4 is 5.32 Å². The molecule has 0 aliphatic carbocycles. The molecule has 2 N–H and O–H groups in total. The highest BCUT2D eigenvalue weighted by molar-refractivity contribution is 6.30. The van der Waals surface area contributed by atoms with Crippen molar-refractivity contribution in [3.63, 3.8) is 0 Å². The van der Waals surface area contributed by atoms with E-state index in [9.17, 15) is 9.90 Å². The van der Waals surface area contributed by atoms with E-state index in [1.165, 1.54) is 0 Å². The summed E-state index contributed by atoms with van der Waals surface area (Å²) in [6, 6.07) is 7.48. The van der Waals surface area contributed by atoms with Gasteiger partial charge >= 0.3 is 0 Å². The average Bonchev–Trinajstić information content (AvgIpc) is 2.59. The van der Waals surface area contributed by atoms with Crippen LogP contribution in [-0.2, 0) is 14.9 Å². The Morgan fingerprint density at radius 2 is 2.13 bits per heavy atom. The molecule has 4 nitrogen and oxygen atoms in total. The van der Waals surface area contributed by atoms with Crippen molar-refractivity contribution >= 4 is 17.5 Å². The summed E-state index contributed by atoms with van der Waals surface area (Å²) in [5.74, 6) is 0.109. The topological polar surface area (TPSA) is 58.6 Å². The first-order valence-electron chi connectivity index (χ1n) is 8.29. The van der Waals surface area contributed by atoms with Crippen LogP contribution in [-0.4, -0.2) is 36.9 Å². The molecule has 2 atom stereocenters. The molecular formula is C18H26ClNO3. The monoisotopic (exact) mass is 339 g/mol. The molecule has 5 heteroatoms. The minimum Gasteiger partial charge on any atom is -0.391 e. The van der Waals surface area contributed by atoms with Crippen LogP contribution in [0.15, 0.2) is 24.3 Å². The van der Waals surface area contributed by atoms with Crippen LogP contribution in [0.2, 0.25) is 5.02 Å². The van der Waals surface area contributed by atoms with Gasteiger partial charge in [0.25, 0.3) is 0 Å². The fraction of sp³-hybridized carbons (Fsp3) is 0.611. The lowest BCUT2D eigenvalue weighted by Gasteiger charge is -2.36. The Bertz CT molecular complexity index is 529. The van der Waals surface area contributed by atoms with E-state index in [1.54, 1.807) is 0 Å². The lowest BCUT2D eigenvalue weighted by atomic mass is 9.73. The molecule has 128 valence electrons. The van der Waals surface area contributed by atoms with Gasteiger partial charge in [-0.15, -0.1) is 0 Å². The Balaban J connectivity index is 2.16. The van der Waals surface area contributed by atoms with Crippen molar-refractivity contribution < 1.29 is 14.6 Å². The van der Waals surface area contributed by atoms with E-state index in [0.717, 1.165) is 12.0 Å². The first kappa shape index (κ1) is 18.2. The van der Waals surface area contributed by atoms with E-state index in [-0.39, 0.29) is 18.4 Å². The maximum absolute atomic E-state index is 12.9. The smallest absolute Gasteiger partial charge is 0.230 e. The van der Waals surface area contributed by atoms with Gasteiger partial charge in [0, 0.05) is 24.8 Å². The van der Waals surface area contributed by atoms with Gasteiger partial charge in [0.15, 0.2) is 0 Å². The highest BCUT2D eigenvalue weighted by Crippen LogP contribution is 2.36. The van der Waals surface area contributed by atoms with Crippen molar-refractivity contribution in [2.45, 2.75) is 44.6 Å². The van der Waals surface area contributed by atoms with Crippen LogP contribution in [0, 0.1) is 5.92 Å². The first-order chi connectivity index (χ1) is 11.0. The third-order valence-corrected chi connectivity index (χ3v) is 5.17. The second kappa shape index (κ2) is 8.13. The zero-order valence-corrected chi connectivity index (χ0v) is 14.6. The predicted octanol–water partition coefficient (Wildman–Crippen LogP) is 2.91. The van der Waals surface area contributed by atoms with E-state index < -0.39 is 11.5 Å². The molecule has 0 aromatic heterocycles. The first-order valence-corrected chi connectivity index (χ1v) is 8.67. The molecule has 1 heterocycles. The van der Waals surface area contributed by atoms with E-state index >= 15 is 0 Å². The molecular weight excluding hydrogens is 314 g/mol. The van der Waals surface area contributed by atoms with Crippen molar-refractivity contribution in [2.75, 3.05) is 19.8 Å². The Labute approximate surface area is 143 Å². The summed E-state index contributed by atoms with van der Waals surface area (Å²) in [6.07, 6.45) is 1.60. The number of aliphatic hydroxyl groups excluding tert-OH is 1. The maximum Gasteiger partial charge on any atom is 0.230 e. The Morgan fingerprint density at radius 3 is 2.74 bits per heavy atom. The van der Waals surface area contributed by atoms with Crippen molar-refractivity contribution in [3.05, 3.63) is 34.9 Å². The highest BCUT2D eigenvalue weighted by Gasteiger charge is 2.41. The molecule has 2 rings (SSSR count). The molecule has 2 unspecified atom stereocenters. The summed E-state index contributed by atoms with van der Waals surface area (Å²) >= 11 is 6.12. The van der Waals surface area contributed by atoms with Gasteiger partial charge in [0.1, 0.15) is 0 Å². The lowest BCUT2D eigenvalue weighted by molar-refractivity contribution is -0.131. The molecule has 1 amide bonds. The molecule has 1 aliphatic rings. The standard InChI is InChI=1S/C18H26ClNO3/c1-3-13(2)16(21)12-20-17(22)18(7-9-23-10-8-18)14-5-4-6-15(19)11-14/h4-6,11,13,16,21H,3,7-10,12H2,1-2H3,(H,20,22). The second-order valence-electron chi connectivity index (χ2n) is 6.37. The largest absolute Gasteiger partial charge is 0.391 e. The normalized spacial score (nSPS) is 19.8. The number of aliphatic hydroxyl groups is 1. The predicted molar refractivity (Wildman–Crippen MR) is 91.7 cm³/mol. The zero-order chi connectivity index (χ0) is 16.9. The number of halogens is 1. The maximum atomic E-state index is 12.9. The van der Waals surface area contributed by atoms with E-state index in [2.05, 4.69) is 5.32 Å². The number of ether oxygens (including phenoxy) is 1. The Kier molecular flexibility index (Phi) is 6.45. The highest BCUT2D eigenvalue weighted by atomic mass is 35.5. The van der Waals surface area contributed by atoms with Gasteiger partial charge in [-0.25, -0.2) is 0 Å². The molecule has 1 aromatic rings. The lowest BCUT2D eigenvalue weighted by Crippen LogP contribution is -2.50. The molecule has 0 saturated carbocycles. The molecule has 0 radical (unpaired) electrons. The van der Waals surface area contributed by atoms with Gasteiger partial charge in [0.2, 0.25) is 5.91 Å². The number of rotatable bonds is 6. The summed E-state index contributed by atoms with van der Waals surface area (Å²) in [6.45, 7) is 5.39. The Morgan fingerprint density at radius 1 is 1.43 bits per heavy atom. The van der Waals surface area contributed by atoms with Gasteiger partial charge < -0.3 is 15.2 Å². The molecule has 0 spiro atoms. The number of benzene rings is 1. The van der Waals surface area contributed by atoms with E-state index in [4.69, 9.17) is 16.3 Å². The number of carbonyl (C=O) groups excluding carboxylic acids is 1. The Hall–Kier alpha value is -1.10. The number of hydrogen-bond acceptors (Lipinski definition) is 3. The fourth-order valence-corrected chi connectivity index (χ4v) is 3.18. The van der Waals surface area contributed by atoms with Crippen LogP contribution in [0.5, 0.6) is 0 Å². The molecule has 1 saturated heterocycles. The van der Waals surface area contributed by atoms with Crippen molar-refractivity contribution in [2.24, 2.45) is 5.92 Å². The molecule has 0 bridgehead atoms. The summed E-state index contributed by atoms with van der Waals surface area (Å²) in [5, 5.41) is 13.7. The molecule has 1 aliphatic heterocycles. The van der Waals surface area contributed by atoms with Crippen molar-refractivity contribution in [1.29, 1.82) is 0 Å². The summed E-state index contributed by atoms with van der Waals surface area (Å²) < 4.78 is 5.45. The number of nitrogens with one attached hydrogen (secondary N) is 1. The van der Waals surface area contributed by atoms with Gasteiger partial charge in [-0.05, 0) is 36.5 Å². The van der Waals surface area contributed by atoms with Crippen molar-refractivity contribution in [1.82, 2.24) is 5.32 Å². The van der Waals surface area contributed by atoms with Gasteiger partial charge in [-0.3, -0.25) is 4.79 Å². The molecule has 1 aromatic carbocycles. The van der Waals surface area contributed by atoms with Crippen LogP contribution in [0.4, 0.5) is 0 Å². The summed E-state index contributed by atoms with van der Waals surface area (Å²) in [4.78, 5) is 12.9. The third kappa shape index (κ3) is 4.25. The minimum absolute atomic E-state index is 0.0505. The van der Waals surface area contributed by atoms with Crippen LogP contribution in [0.1, 0.15) is 38.7 Å². The summed E-state index contributed by atoms with van der Waals surface area (Å²) in [5.41, 5.74) is 0.294. The summed E-state index contributed by atoms with van der Waals surface area (Å²) in [7, 11) is 0. The van der Waals surface area contributed by atoms with Crippen LogP contribution >= 0.6 is 11.6 Å². The van der Waals surface area contributed by atoms with Gasteiger partial charge in [0.05, 0.1) is 11.5 Å². The van der Waals surface area contributed by atoms with Crippen molar-refractivity contribution in [3.8, 4) is 0 Å². The third-order valence-electron chi connectivity index (χ3n) is 4.93. The average molecular weight is 340 g/mol. The molecule has 1 fully saturated rings. The number of amides is 1. The van der Waals surface area contributed by atoms with Gasteiger partial charge in [-0.1, -0.05) is 44.0 Å². The SMILES string of the molecule is CCC(C)C(O)CNC(=O)C1(c2cccc(Cl)c2)CCOCC1. The van der Waals surface area contributed by atoms with Crippen LogP contribution in [0.25, 0.3) is 0 Å². The number of hydrogen-bond donors (Lipinski definition) is 2. The van der Waals surface area contributed by atoms with E-state index in [1.807, 2.05) is 38.1 Å². The second-order valence-corrected chi connectivity index (χ2v) is 6.80. The fourth-order valence-electron chi connectivity index (χ4n) is 2.99. The van der Waals surface area contributed by atoms with E-state index in [0.29, 0.717) is 31.1 Å². The van der Waals surface area contributed by atoms with Crippen LogP contribution in [0.3, 0.4) is 0 Å². The minimum atomic E-state index is -0.627. The molecule has 23 heavy (non-hydrogen) atoms. The number of carbonyl (C=O) groups is 1.